The number of nitro benzene ring substituents is 1. The topological polar surface area (TPSA) is 66.7 Å². The summed E-state index contributed by atoms with van der Waals surface area (Å²) in [5, 5.41) is 11.0. The van der Waals surface area contributed by atoms with Gasteiger partial charge in [-0.15, -0.1) is 0 Å². The number of nitro groups is 1. The number of benzene rings is 1. The zero-order valence-corrected chi connectivity index (χ0v) is 13.3. The van der Waals surface area contributed by atoms with Crippen molar-refractivity contribution in [1.29, 1.82) is 0 Å². The highest BCUT2D eigenvalue weighted by Gasteiger charge is 2.42. The van der Waals surface area contributed by atoms with Gasteiger partial charge in [-0.05, 0) is 19.9 Å². The molecule has 0 N–H and O–H groups in total. The molecule has 1 aromatic carbocycles. The number of carbonyl (C=O) groups excluding carboxylic acids is 1. The van der Waals surface area contributed by atoms with E-state index in [9.17, 15) is 28.1 Å². The number of alkyl halides is 3. The number of piperazine rings is 1. The van der Waals surface area contributed by atoms with Crippen LogP contribution in [0.2, 0.25) is 0 Å². The van der Waals surface area contributed by atoms with E-state index in [1.54, 1.807) is 13.8 Å². The van der Waals surface area contributed by atoms with Crippen LogP contribution in [0.15, 0.2) is 24.3 Å². The lowest BCUT2D eigenvalue weighted by molar-refractivity contribution is -0.385. The van der Waals surface area contributed by atoms with E-state index in [1.807, 2.05) is 0 Å². The summed E-state index contributed by atoms with van der Waals surface area (Å²) < 4.78 is 37.9. The van der Waals surface area contributed by atoms with Crippen molar-refractivity contribution in [3.8, 4) is 0 Å². The number of amides is 1. The van der Waals surface area contributed by atoms with Gasteiger partial charge in [0.05, 0.1) is 11.5 Å². The van der Waals surface area contributed by atoms with Gasteiger partial charge in [0, 0.05) is 31.2 Å². The molecule has 0 saturated carbocycles. The van der Waals surface area contributed by atoms with Crippen molar-refractivity contribution in [1.82, 2.24) is 9.80 Å². The van der Waals surface area contributed by atoms with Crippen LogP contribution in [-0.2, 0) is 0 Å². The largest absolute Gasteiger partial charge is 0.401 e. The molecule has 1 aliphatic heterocycles. The number of rotatable bonds is 3. The fourth-order valence-corrected chi connectivity index (χ4v) is 2.86. The maximum Gasteiger partial charge on any atom is 0.401 e. The first kappa shape index (κ1) is 18.2. The fourth-order valence-electron chi connectivity index (χ4n) is 2.86. The van der Waals surface area contributed by atoms with Gasteiger partial charge in [0.15, 0.2) is 0 Å². The zero-order valence-electron chi connectivity index (χ0n) is 13.3. The molecule has 1 fully saturated rings. The lowest BCUT2D eigenvalue weighted by Gasteiger charge is -2.47. The Labute approximate surface area is 137 Å². The number of hydrogen-bond acceptors (Lipinski definition) is 4. The number of halogens is 3. The third-order valence-electron chi connectivity index (χ3n) is 4.06. The van der Waals surface area contributed by atoms with Crippen LogP contribution < -0.4 is 0 Å². The van der Waals surface area contributed by atoms with Gasteiger partial charge < -0.3 is 4.90 Å². The summed E-state index contributed by atoms with van der Waals surface area (Å²) in [5.74, 6) is -0.540. The molecule has 0 bridgehead atoms. The molecular weight excluding hydrogens is 327 g/mol. The molecule has 1 heterocycles. The van der Waals surface area contributed by atoms with Gasteiger partial charge in [-0.1, -0.05) is 12.1 Å². The molecule has 0 spiro atoms. The Hall–Kier alpha value is -2.16. The highest BCUT2D eigenvalue weighted by molar-refractivity contribution is 5.98. The van der Waals surface area contributed by atoms with Gasteiger partial charge in [-0.3, -0.25) is 19.8 Å². The average molecular weight is 345 g/mol. The Kier molecular flexibility index (Phi) is 4.84. The van der Waals surface area contributed by atoms with Crippen LogP contribution >= 0.6 is 0 Å². The summed E-state index contributed by atoms with van der Waals surface area (Å²) in [7, 11) is 0. The normalized spacial score (nSPS) is 18.5. The molecule has 1 saturated heterocycles. The monoisotopic (exact) mass is 345 g/mol. The summed E-state index contributed by atoms with van der Waals surface area (Å²) in [6.07, 6.45) is -4.32. The van der Waals surface area contributed by atoms with Crippen LogP contribution in [0.3, 0.4) is 0 Å². The van der Waals surface area contributed by atoms with E-state index < -0.39 is 29.1 Å². The molecule has 6 nitrogen and oxygen atoms in total. The van der Waals surface area contributed by atoms with Crippen molar-refractivity contribution in [3.63, 3.8) is 0 Å². The van der Waals surface area contributed by atoms with Crippen LogP contribution in [0.5, 0.6) is 0 Å². The van der Waals surface area contributed by atoms with Crippen LogP contribution in [0.25, 0.3) is 0 Å². The maximum atomic E-state index is 12.6. The van der Waals surface area contributed by atoms with Gasteiger partial charge in [-0.25, -0.2) is 0 Å². The molecule has 24 heavy (non-hydrogen) atoms. The van der Waals surface area contributed by atoms with Crippen LogP contribution in [0.4, 0.5) is 18.9 Å². The van der Waals surface area contributed by atoms with Gasteiger partial charge in [0.25, 0.3) is 11.6 Å². The van der Waals surface area contributed by atoms with E-state index in [0.717, 1.165) is 0 Å². The van der Waals surface area contributed by atoms with E-state index >= 15 is 0 Å². The van der Waals surface area contributed by atoms with Crippen LogP contribution in [0, 0.1) is 10.1 Å². The maximum absolute atomic E-state index is 12.6. The second-order valence-electron chi connectivity index (χ2n) is 6.35. The van der Waals surface area contributed by atoms with E-state index in [-0.39, 0.29) is 30.9 Å². The predicted molar refractivity (Wildman–Crippen MR) is 80.7 cm³/mol. The summed E-state index contributed by atoms with van der Waals surface area (Å²) in [6, 6.07) is 5.57. The third-order valence-corrected chi connectivity index (χ3v) is 4.06. The second-order valence-corrected chi connectivity index (χ2v) is 6.35. The van der Waals surface area contributed by atoms with Crippen molar-refractivity contribution >= 4 is 11.6 Å². The Morgan fingerprint density at radius 1 is 1.29 bits per heavy atom. The quantitative estimate of drug-likeness (QED) is 0.624. The smallest absolute Gasteiger partial charge is 0.335 e. The van der Waals surface area contributed by atoms with Crippen molar-refractivity contribution in [2.75, 3.05) is 26.2 Å². The highest BCUT2D eigenvalue weighted by Crippen LogP contribution is 2.28. The first-order valence-electron chi connectivity index (χ1n) is 7.36. The summed E-state index contributed by atoms with van der Waals surface area (Å²) in [4.78, 5) is 25.6. The molecule has 0 atom stereocenters. The molecule has 0 radical (unpaired) electrons. The van der Waals surface area contributed by atoms with E-state index in [0.29, 0.717) is 0 Å². The lowest BCUT2D eigenvalue weighted by Crippen LogP contribution is -2.62. The Morgan fingerprint density at radius 3 is 2.46 bits per heavy atom. The van der Waals surface area contributed by atoms with E-state index in [2.05, 4.69) is 0 Å². The molecule has 9 heteroatoms. The summed E-state index contributed by atoms with van der Waals surface area (Å²) in [6.45, 7) is 2.40. The van der Waals surface area contributed by atoms with Crippen molar-refractivity contribution in [3.05, 3.63) is 39.9 Å². The molecular formula is C15H18F3N3O3. The first-order valence-corrected chi connectivity index (χ1v) is 7.36. The predicted octanol–water partition coefficient (Wildman–Crippen LogP) is 2.69. The van der Waals surface area contributed by atoms with Gasteiger partial charge in [0.1, 0.15) is 5.56 Å². The lowest BCUT2D eigenvalue weighted by atomic mass is 9.97. The fraction of sp³-hybridized carbons (Fsp3) is 0.533. The standard InChI is InChI=1S/C15H18F3N3O3/c1-14(2)9-19(7-8-20(14)10-15(16,17)18)13(22)11-5-3-4-6-12(11)21(23)24/h3-6H,7-10H2,1-2H3. The molecule has 0 aliphatic carbocycles. The third kappa shape index (κ3) is 4.02. The van der Waals surface area contributed by atoms with Crippen LogP contribution in [-0.4, -0.2) is 58.5 Å². The molecule has 1 aromatic rings. The minimum absolute atomic E-state index is 0.0532. The number of para-hydroxylation sites is 1. The van der Waals surface area contributed by atoms with E-state index in [4.69, 9.17) is 0 Å². The molecule has 2 rings (SSSR count). The van der Waals surface area contributed by atoms with Gasteiger partial charge in [-0.2, -0.15) is 13.2 Å². The van der Waals surface area contributed by atoms with Gasteiger partial charge in [0.2, 0.25) is 0 Å². The minimum atomic E-state index is -4.32. The molecule has 1 amide bonds. The van der Waals surface area contributed by atoms with Crippen molar-refractivity contribution in [2.45, 2.75) is 25.6 Å². The highest BCUT2D eigenvalue weighted by atomic mass is 19.4. The van der Waals surface area contributed by atoms with Gasteiger partial charge >= 0.3 is 6.18 Å². The van der Waals surface area contributed by atoms with Crippen molar-refractivity contribution in [2.24, 2.45) is 0 Å². The number of hydrogen-bond donors (Lipinski definition) is 0. The Morgan fingerprint density at radius 2 is 1.92 bits per heavy atom. The summed E-state index contributed by atoms with van der Waals surface area (Å²) >= 11 is 0. The Balaban J connectivity index is 2.18. The SMILES string of the molecule is CC1(C)CN(C(=O)c2ccccc2[N+](=O)[O-])CCN1CC(F)(F)F. The zero-order chi connectivity index (χ0) is 18.1. The molecule has 1 aliphatic rings. The van der Waals surface area contributed by atoms with E-state index in [1.165, 1.54) is 34.1 Å². The Bertz CT molecular complexity index is 646. The molecule has 0 aromatic heterocycles. The molecule has 0 unspecified atom stereocenters. The minimum Gasteiger partial charge on any atom is -0.335 e. The average Bonchev–Trinajstić information content (AvgIpc) is 2.47. The van der Waals surface area contributed by atoms with Crippen LogP contribution in [0.1, 0.15) is 24.2 Å². The molecule has 132 valence electrons. The summed E-state index contributed by atoms with van der Waals surface area (Å²) in [5.41, 5.74) is -1.24. The second kappa shape index (κ2) is 6.39. The number of nitrogens with zero attached hydrogens (tertiary/aromatic N) is 3. The first-order chi connectivity index (χ1) is 11.0. The van der Waals surface area contributed by atoms with Crippen molar-refractivity contribution < 1.29 is 22.9 Å². The number of carbonyl (C=O) groups is 1.